The van der Waals surface area contributed by atoms with Gasteiger partial charge in [0.25, 0.3) is 5.91 Å². The normalized spacial score (nSPS) is 17.1. The van der Waals surface area contributed by atoms with E-state index in [-0.39, 0.29) is 11.8 Å². The first-order valence-corrected chi connectivity index (χ1v) is 8.75. The van der Waals surface area contributed by atoms with Crippen molar-refractivity contribution in [2.75, 3.05) is 19.0 Å². The van der Waals surface area contributed by atoms with Crippen molar-refractivity contribution >= 4 is 11.6 Å². The molecule has 0 fully saturated rings. The molecule has 0 spiro atoms. The van der Waals surface area contributed by atoms with Crippen molar-refractivity contribution in [1.29, 1.82) is 0 Å². The molecule has 4 heteroatoms. The molecular weight excluding hydrogens is 312 g/mol. The van der Waals surface area contributed by atoms with Crippen molar-refractivity contribution in [3.63, 3.8) is 0 Å². The molecule has 0 aliphatic carbocycles. The van der Waals surface area contributed by atoms with Crippen molar-refractivity contribution in [3.05, 3.63) is 59.7 Å². The molecule has 25 heavy (non-hydrogen) atoms. The Hall–Kier alpha value is -2.49. The van der Waals surface area contributed by atoms with Crippen molar-refractivity contribution < 1.29 is 9.53 Å². The number of hydrogen-bond acceptors (Lipinski definition) is 3. The highest BCUT2D eigenvalue weighted by molar-refractivity contribution is 5.82. The predicted octanol–water partition coefficient (Wildman–Crippen LogP) is 3.70. The SMILES string of the molecule is CC(C)C1Oc2ccccc2CN(Cc2ccc(N(C)C)cc2)C1=O. The average molecular weight is 338 g/mol. The Bertz CT molecular complexity index is 738. The van der Waals surface area contributed by atoms with E-state index < -0.39 is 6.10 Å². The van der Waals surface area contributed by atoms with Crippen LogP contribution >= 0.6 is 0 Å². The van der Waals surface area contributed by atoms with Crippen LogP contribution in [0.15, 0.2) is 48.5 Å². The highest BCUT2D eigenvalue weighted by Crippen LogP contribution is 2.28. The number of carbonyl (C=O) groups excluding carboxylic acids is 1. The molecule has 0 bridgehead atoms. The standard InChI is InChI=1S/C21H26N2O2/c1-15(2)20-21(24)23(14-17-7-5-6-8-19(17)25-20)13-16-9-11-18(12-10-16)22(3)4/h5-12,15,20H,13-14H2,1-4H3. The molecule has 1 aliphatic rings. The number of anilines is 1. The van der Waals surface area contributed by atoms with Crippen molar-refractivity contribution in [2.24, 2.45) is 5.92 Å². The van der Waals surface area contributed by atoms with E-state index in [9.17, 15) is 4.79 Å². The highest BCUT2D eigenvalue weighted by Gasteiger charge is 2.33. The van der Waals surface area contributed by atoms with Crippen LogP contribution in [0, 0.1) is 5.92 Å². The van der Waals surface area contributed by atoms with Crippen LogP contribution in [0.4, 0.5) is 5.69 Å². The Morgan fingerprint density at radius 3 is 2.44 bits per heavy atom. The number of rotatable bonds is 4. The summed E-state index contributed by atoms with van der Waals surface area (Å²) in [6.45, 7) is 5.22. The zero-order valence-electron chi connectivity index (χ0n) is 15.4. The molecule has 0 saturated carbocycles. The van der Waals surface area contributed by atoms with Crippen LogP contribution in [0.5, 0.6) is 5.75 Å². The third kappa shape index (κ3) is 3.78. The van der Waals surface area contributed by atoms with E-state index in [1.807, 2.05) is 57.1 Å². The fourth-order valence-electron chi connectivity index (χ4n) is 3.08. The van der Waals surface area contributed by atoms with E-state index in [0.717, 1.165) is 22.6 Å². The first-order valence-electron chi connectivity index (χ1n) is 8.75. The van der Waals surface area contributed by atoms with Gasteiger partial charge in [-0.15, -0.1) is 0 Å². The summed E-state index contributed by atoms with van der Waals surface area (Å²) in [6.07, 6.45) is -0.440. The smallest absolute Gasteiger partial charge is 0.264 e. The predicted molar refractivity (Wildman–Crippen MR) is 101 cm³/mol. The third-order valence-corrected chi connectivity index (χ3v) is 4.57. The van der Waals surface area contributed by atoms with Crippen molar-refractivity contribution in [1.82, 2.24) is 4.90 Å². The fourth-order valence-corrected chi connectivity index (χ4v) is 3.08. The maximum absolute atomic E-state index is 13.0. The van der Waals surface area contributed by atoms with Gasteiger partial charge >= 0.3 is 0 Å². The average Bonchev–Trinajstić information content (AvgIpc) is 2.73. The van der Waals surface area contributed by atoms with Crippen molar-refractivity contribution in [3.8, 4) is 5.75 Å². The molecule has 1 unspecified atom stereocenters. The van der Waals surface area contributed by atoms with Gasteiger partial charge in [0, 0.05) is 38.4 Å². The van der Waals surface area contributed by atoms with Crippen LogP contribution in [0.3, 0.4) is 0 Å². The van der Waals surface area contributed by atoms with Gasteiger partial charge in [0.15, 0.2) is 6.10 Å². The summed E-state index contributed by atoms with van der Waals surface area (Å²) >= 11 is 0. The van der Waals surface area contributed by atoms with Crippen molar-refractivity contribution in [2.45, 2.75) is 33.0 Å². The second-order valence-corrected chi connectivity index (χ2v) is 7.15. The topological polar surface area (TPSA) is 32.8 Å². The lowest BCUT2D eigenvalue weighted by atomic mass is 10.1. The number of ether oxygens (including phenoxy) is 1. The lowest BCUT2D eigenvalue weighted by molar-refractivity contribution is -0.140. The Kier molecular flexibility index (Phi) is 4.98. The third-order valence-electron chi connectivity index (χ3n) is 4.57. The molecule has 1 amide bonds. The lowest BCUT2D eigenvalue weighted by Crippen LogP contribution is -2.42. The van der Waals surface area contributed by atoms with Gasteiger partial charge in [-0.05, 0) is 29.7 Å². The molecule has 2 aromatic rings. The number of fused-ring (bicyclic) bond motifs is 1. The van der Waals surface area contributed by atoms with Gasteiger partial charge < -0.3 is 14.5 Å². The van der Waals surface area contributed by atoms with E-state index in [1.54, 1.807) is 0 Å². The highest BCUT2D eigenvalue weighted by atomic mass is 16.5. The Morgan fingerprint density at radius 1 is 1.12 bits per heavy atom. The number of amides is 1. The number of hydrogen-bond donors (Lipinski definition) is 0. The van der Waals surface area contributed by atoms with Gasteiger partial charge in [0.1, 0.15) is 5.75 Å². The zero-order chi connectivity index (χ0) is 18.0. The largest absolute Gasteiger partial charge is 0.480 e. The molecule has 132 valence electrons. The maximum Gasteiger partial charge on any atom is 0.264 e. The first-order chi connectivity index (χ1) is 12.0. The molecule has 4 nitrogen and oxygen atoms in total. The fraction of sp³-hybridized carbons (Fsp3) is 0.381. The summed E-state index contributed by atoms with van der Waals surface area (Å²) in [5, 5.41) is 0. The van der Waals surface area contributed by atoms with Crippen LogP contribution in [0.25, 0.3) is 0 Å². The lowest BCUT2D eigenvalue weighted by Gasteiger charge is -2.26. The van der Waals surface area contributed by atoms with Crippen LogP contribution in [0.2, 0.25) is 0 Å². The van der Waals surface area contributed by atoms with E-state index in [4.69, 9.17) is 4.74 Å². The summed E-state index contributed by atoms with van der Waals surface area (Å²) in [5.74, 6) is 1.00. The molecule has 0 saturated heterocycles. The zero-order valence-corrected chi connectivity index (χ0v) is 15.4. The summed E-state index contributed by atoms with van der Waals surface area (Å²) in [6, 6.07) is 16.3. The Labute approximate surface area is 150 Å². The van der Waals surface area contributed by atoms with E-state index in [2.05, 4.69) is 29.2 Å². The van der Waals surface area contributed by atoms with E-state index in [1.165, 1.54) is 0 Å². The van der Waals surface area contributed by atoms with Gasteiger partial charge in [-0.1, -0.05) is 44.2 Å². The number of carbonyl (C=O) groups is 1. The summed E-state index contributed by atoms with van der Waals surface area (Å²) < 4.78 is 6.05. The quantitative estimate of drug-likeness (QED) is 0.852. The Balaban J connectivity index is 1.87. The molecule has 1 aliphatic heterocycles. The molecular formula is C21H26N2O2. The van der Waals surface area contributed by atoms with Crippen LogP contribution < -0.4 is 9.64 Å². The van der Waals surface area contributed by atoms with Gasteiger partial charge in [-0.2, -0.15) is 0 Å². The van der Waals surface area contributed by atoms with Gasteiger partial charge in [0.2, 0.25) is 0 Å². The van der Waals surface area contributed by atoms with Gasteiger partial charge in [0.05, 0.1) is 0 Å². The second kappa shape index (κ2) is 7.18. The van der Waals surface area contributed by atoms with E-state index in [0.29, 0.717) is 13.1 Å². The molecule has 0 N–H and O–H groups in total. The molecule has 0 aromatic heterocycles. The minimum Gasteiger partial charge on any atom is -0.480 e. The molecule has 0 radical (unpaired) electrons. The molecule has 2 aromatic carbocycles. The van der Waals surface area contributed by atoms with Crippen LogP contribution in [-0.4, -0.2) is 31.0 Å². The number of benzene rings is 2. The summed E-state index contributed by atoms with van der Waals surface area (Å²) in [4.78, 5) is 17.0. The first kappa shape index (κ1) is 17.3. The molecule has 1 heterocycles. The minimum absolute atomic E-state index is 0.0582. The molecule has 3 rings (SSSR count). The number of nitrogens with zero attached hydrogens (tertiary/aromatic N) is 2. The summed E-state index contributed by atoms with van der Waals surface area (Å²) in [5.41, 5.74) is 3.34. The van der Waals surface area contributed by atoms with E-state index >= 15 is 0 Å². The van der Waals surface area contributed by atoms with Crippen LogP contribution in [-0.2, 0) is 17.9 Å². The molecule has 1 atom stereocenters. The maximum atomic E-state index is 13.0. The van der Waals surface area contributed by atoms with Crippen LogP contribution in [0.1, 0.15) is 25.0 Å². The summed E-state index contributed by atoms with van der Waals surface area (Å²) in [7, 11) is 4.05. The number of para-hydroxylation sites is 1. The second-order valence-electron chi connectivity index (χ2n) is 7.15. The Morgan fingerprint density at radius 2 is 1.80 bits per heavy atom. The minimum atomic E-state index is -0.440. The van der Waals surface area contributed by atoms with Gasteiger partial charge in [-0.3, -0.25) is 4.79 Å². The monoisotopic (exact) mass is 338 g/mol. The van der Waals surface area contributed by atoms with Gasteiger partial charge in [-0.25, -0.2) is 0 Å².